The summed E-state index contributed by atoms with van der Waals surface area (Å²) >= 11 is 0. The van der Waals surface area contributed by atoms with Crippen molar-refractivity contribution in [1.82, 2.24) is 10.6 Å². The molecule has 2 amide bonds. The first-order valence-electron chi connectivity index (χ1n) is 10.4. The van der Waals surface area contributed by atoms with Crippen LogP contribution in [0.3, 0.4) is 0 Å². The third-order valence-corrected chi connectivity index (χ3v) is 5.29. The van der Waals surface area contributed by atoms with Crippen LogP contribution in [-0.2, 0) is 22.3 Å². The lowest BCUT2D eigenvalue weighted by molar-refractivity contribution is -0.384. The van der Waals surface area contributed by atoms with Crippen LogP contribution >= 0.6 is 0 Å². The molecule has 2 aromatic carbocycles. The van der Waals surface area contributed by atoms with Gasteiger partial charge in [0.15, 0.2) is 0 Å². The largest absolute Gasteiger partial charge is 0.416 e. The van der Waals surface area contributed by atoms with E-state index in [2.05, 4.69) is 10.6 Å². The third kappa shape index (κ3) is 6.22. The Bertz CT molecular complexity index is 1070. The first kappa shape index (κ1) is 25.0. The molecule has 34 heavy (non-hydrogen) atoms. The monoisotopic (exact) mass is 480 g/mol. The molecule has 3 rings (SSSR count). The normalized spacial score (nSPS) is 14.9. The maximum absolute atomic E-state index is 13.7. The quantitative estimate of drug-likeness (QED) is 0.465. The van der Waals surface area contributed by atoms with Gasteiger partial charge in [0.05, 0.1) is 23.7 Å². The second-order valence-corrected chi connectivity index (χ2v) is 7.66. The molecule has 1 atom stereocenters. The number of rotatable bonds is 7. The second-order valence-electron chi connectivity index (χ2n) is 7.66. The molecule has 0 aromatic heterocycles. The number of nitro groups is 1. The summed E-state index contributed by atoms with van der Waals surface area (Å²) in [5.74, 6) is -1.43. The van der Waals surface area contributed by atoms with Gasteiger partial charge in [-0.05, 0) is 30.7 Å². The fraction of sp³-hybridized carbons (Fsp3) is 0.364. The Morgan fingerprint density at radius 3 is 2.53 bits per heavy atom. The minimum absolute atomic E-state index is 0.0214. The Morgan fingerprint density at radius 1 is 1.18 bits per heavy atom. The number of amides is 2. The van der Waals surface area contributed by atoms with Crippen molar-refractivity contribution in [2.45, 2.75) is 25.7 Å². The van der Waals surface area contributed by atoms with Gasteiger partial charge in [0.25, 0.3) is 11.6 Å². The first-order chi connectivity index (χ1) is 16.1. The average Bonchev–Trinajstić information content (AvgIpc) is 2.82. The van der Waals surface area contributed by atoms with Crippen molar-refractivity contribution in [1.29, 1.82) is 0 Å². The zero-order chi connectivity index (χ0) is 24.9. The summed E-state index contributed by atoms with van der Waals surface area (Å²) in [6.45, 7) is 2.79. The maximum atomic E-state index is 13.7. The molecule has 0 aliphatic carbocycles. The first-order valence-corrected chi connectivity index (χ1v) is 10.4. The molecule has 9 nitrogen and oxygen atoms in total. The molecule has 2 aromatic rings. The van der Waals surface area contributed by atoms with E-state index in [0.717, 1.165) is 12.1 Å². The van der Waals surface area contributed by atoms with Crippen LogP contribution in [0.5, 0.6) is 0 Å². The maximum Gasteiger partial charge on any atom is 0.416 e. The van der Waals surface area contributed by atoms with E-state index in [1.165, 1.54) is 31.2 Å². The molecule has 1 aliphatic rings. The number of carbonyl (C=O) groups is 2. The van der Waals surface area contributed by atoms with E-state index >= 15 is 0 Å². The van der Waals surface area contributed by atoms with Crippen molar-refractivity contribution < 1.29 is 32.4 Å². The summed E-state index contributed by atoms with van der Waals surface area (Å²) in [6, 6.07) is 7.81. The van der Waals surface area contributed by atoms with Gasteiger partial charge in [0.2, 0.25) is 5.91 Å². The average molecular weight is 480 g/mol. The lowest BCUT2D eigenvalue weighted by atomic mass is 10.0. The predicted octanol–water partition coefficient (Wildman–Crippen LogP) is 2.88. The van der Waals surface area contributed by atoms with Crippen molar-refractivity contribution >= 4 is 23.2 Å². The summed E-state index contributed by atoms with van der Waals surface area (Å²) in [4.78, 5) is 36.7. The molecule has 1 fully saturated rings. The molecule has 2 N–H and O–H groups in total. The number of hydrogen-bond acceptors (Lipinski definition) is 6. The Kier molecular flexibility index (Phi) is 7.72. The van der Waals surface area contributed by atoms with Crippen LogP contribution in [0.2, 0.25) is 0 Å². The standard InChI is InChI=1S/C22H23F3N4O5/c1-14(27-21(31)15-3-2-4-18(11-15)29(32)33)20(30)26-13-16-5-6-17(12-19(16)22(23,24)25)28-7-9-34-10-8-28/h2-6,11-12,14H,7-10,13H2,1H3,(H,26,30)(H,27,31). The summed E-state index contributed by atoms with van der Waals surface area (Å²) in [5.41, 5.74) is -0.861. The van der Waals surface area contributed by atoms with E-state index in [-0.39, 0.29) is 16.8 Å². The van der Waals surface area contributed by atoms with E-state index in [1.807, 2.05) is 0 Å². The number of nitrogens with one attached hydrogen (secondary N) is 2. The van der Waals surface area contributed by atoms with E-state index in [4.69, 9.17) is 4.74 Å². The van der Waals surface area contributed by atoms with Crippen molar-refractivity contribution in [2.75, 3.05) is 31.2 Å². The minimum Gasteiger partial charge on any atom is -0.378 e. The highest BCUT2D eigenvalue weighted by atomic mass is 19.4. The van der Waals surface area contributed by atoms with Gasteiger partial charge < -0.3 is 20.3 Å². The van der Waals surface area contributed by atoms with Gasteiger partial charge in [0, 0.05) is 43.0 Å². The number of benzene rings is 2. The highest BCUT2D eigenvalue weighted by molar-refractivity contribution is 5.97. The smallest absolute Gasteiger partial charge is 0.378 e. The molecule has 0 radical (unpaired) electrons. The number of alkyl halides is 3. The number of ether oxygens (including phenoxy) is 1. The fourth-order valence-electron chi connectivity index (χ4n) is 3.44. The molecular weight excluding hydrogens is 457 g/mol. The number of carbonyl (C=O) groups excluding carboxylic acids is 2. The number of anilines is 1. The molecule has 182 valence electrons. The highest BCUT2D eigenvalue weighted by Crippen LogP contribution is 2.35. The molecule has 1 heterocycles. The lowest BCUT2D eigenvalue weighted by Gasteiger charge is -2.29. The molecule has 12 heteroatoms. The second kappa shape index (κ2) is 10.5. The van der Waals surface area contributed by atoms with Gasteiger partial charge in [-0.2, -0.15) is 13.2 Å². The third-order valence-electron chi connectivity index (χ3n) is 5.29. The van der Waals surface area contributed by atoms with Crippen molar-refractivity contribution in [2.24, 2.45) is 0 Å². The van der Waals surface area contributed by atoms with E-state index < -0.39 is 41.1 Å². The molecule has 1 unspecified atom stereocenters. The number of nitrogens with zero attached hydrogens (tertiary/aromatic N) is 2. The van der Waals surface area contributed by atoms with Crippen LogP contribution < -0.4 is 15.5 Å². The number of nitro benzene ring substituents is 1. The van der Waals surface area contributed by atoms with E-state index in [0.29, 0.717) is 32.0 Å². The van der Waals surface area contributed by atoms with Gasteiger partial charge in [-0.15, -0.1) is 0 Å². The van der Waals surface area contributed by atoms with E-state index in [9.17, 15) is 32.9 Å². The molecular formula is C22H23F3N4O5. The number of halogens is 3. The summed E-state index contributed by atoms with van der Waals surface area (Å²) < 4.78 is 46.2. The highest BCUT2D eigenvalue weighted by Gasteiger charge is 2.34. The van der Waals surface area contributed by atoms with Crippen LogP contribution in [-0.4, -0.2) is 49.1 Å². The zero-order valence-electron chi connectivity index (χ0n) is 18.2. The Hall–Kier alpha value is -3.67. The fourth-order valence-corrected chi connectivity index (χ4v) is 3.44. The van der Waals surface area contributed by atoms with Crippen LogP contribution in [0.4, 0.5) is 24.5 Å². The van der Waals surface area contributed by atoms with Gasteiger partial charge >= 0.3 is 6.18 Å². The Labute approximate surface area is 193 Å². The van der Waals surface area contributed by atoms with Crippen molar-refractivity contribution in [3.63, 3.8) is 0 Å². The van der Waals surface area contributed by atoms with E-state index in [1.54, 1.807) is 11.0 Å². The Balaban J connectivity index is 1.65. The summed E-state index contributed by atoms with van der Waals surface area (Å²) in [6.07, 6.45) is -4.62. The van der Waals surface area contributed by atoms with Crippen LogP contribution in [0.15, 0.2) is 42.5 Å². The van der Waals surface area contributed by atoms with Gasteiger partial charge in [-0.25, -0.2) is 0 Å². The van der Waals surface area contributed by atoms with Crippen molar-refractivity contribution in [3.8, 4) is 0 Å². The molecule has 1 saturated heterocycles. The topological polar surface area (TPSA) is 114 Å². The molecule has 0 bridgehead atoms. The molecule has 0 saturated carbocycles. The minimum atomic E-state index is -4.62. The Morgan fingerprint density at radius 2 is 1.88 bits per heavy atom. The molecule has 0 spiro atoms. The van der Waals surface area contributed by atoms with Crippen LogP contribution in [0, 0.1) is 10.1 Å². The van der Waals surface area contributed by atoms with Gasteiger partial charge in [0.1, 0.15) is 6.04 Å². The molecule has 1 aliphatic heterocycles. The summed E-state index contributed by atoms with van der Waals surface area (Å²) in [5, 5.41) is 15.6. The lowest BCUT2D eigenvalue weighted by Crippen LogP contribution is -2.44. The zero-order valence-corrected chi connectivity index (χ0v) is 18.2. The number of non-ortho nitro benzene ring substituents is 1. The van der Waals surface area contributed by atoms with Gasteiger partial charge in [-0.1, -0.05) is 12.1 Å². The predicted molar refractivity (Wildman–Crippen MR) is 116 cm³/mol. The SMILES string of the molecule is CC(NC(=O)c1cccc([N+](=O)[O-])c1)C(=O)NCc1ccc(N2CCOCC2)cc1C(F)(F)F. The van der Waals surface area contributed by atoms with Crippen LogP contribution in [0.25, 0.3) is 0 Å². The summed E-state index contributed by atoms with van der Waals surface area (Å²) in [7, 11) is 0. The number of hydrogen-bond donors (Lipinski definition) is 2. The van der Waals surface area contributed by atoms with Gasteiger partial charge in [-0.3, -0.25) is 19.7 Å². The van der Waals surface area contributed by atoms with Crippen LogP contribution in [0.1, 0.15) is 28.4 Å². The van der Waals surface area contributed by atoms with Crippen molar-refractivity contribution in [3.05, 3.63) is 69.3 Å². The number of morpholine rings is 1.